The predicted molar refractivity (Wildman–Crippen MR) is 94.2 cm³/mol. The van der Waals surface area contributed by atoms with Crippen molar-refractivity contribution in [3.63, 3.8) is 0 Å². The molecular formula is C15H21N3O4S2. The fraction of sp³-hybridized carbons (Fsp3) is 0.467. The molecule has 1 aromatic carbocycles. The molecule has 132 valence electrons. The molecule has 1 heterocycles. The van der Waals surface area contributed by atoms with Crippen LogP contribution >= 0.6 is 12.2 Å². The summed E-state index contributed by atoms with van der Waals surface area (Å²) in [5, 5.41) is 9.49. The van der Waals surface area contributed by atoms with Crippen LogP contribution in [0.5, 0.6) is 0 Å². The number of nitrogens with two attached hydrogens (primary N) is 1. The van der Waals surface area contributed by atoms with E-state index >= 15 is 0 Å². The molecular weight excluding hydrogens is 350 g/mol. The molecule has 0 aliphatic carbocycles. The Morgan fingerprint density at radius 3 is 2.33 bits per heavy atom. The molecule has 24 heavy (non-hydrogen) atoms. The molecule has 1 atom stereocenters. The molecule has 2 rings (SSSR count). The maximum Gasteiger partial charge on any atom is 0.323 e. The highest BCUT2D eigenvalue weighted by Gasteiger charge is 2.40. The smallest absolute Gasteiger partial charge is 0.323 e. The van der Waals surface area contributed by atoms with Gasteiger partial charge in [-0.1, -0.05) is 26.0 Å². The lowest BCUT2D eigenvalue weighted by atomic mass is 10.0. The topological polar surface area (TPSA) is 104 Å². The molecule has 9 heteroatoms. The highest BCUT2D eigenvalue weighted by Crippen LogP contribution is 2.24. The molecule has 0 amide bonds. The first kappa shape index (κ1) is 18.6. The number of hydrogen-bond acceptors (Lipinski definition) is 4. The summed E-state index contributed by atoms with van der Waals surface area (Å²) < 4.78 is 26.7. The second-order valence-electron chi connectivity index (χ2n) is 5.98. The number of piperazine rings is 1. The Labute approximate surface area is 147 Å². The lowest BCUT2D eigenvalue weighted by Gasteiger charge is -2.38. The van der Waals surface area contributed by atoms with Gasteiger partial charge >= 0.3 is 5.97 Å². The lowest BCUT2D eigenvalue weighted by Crippen LogP contribution is -2.60. The fourth-order valence-corrected chi connectivity index (χ4v) is 4.35. The minimum atomic E-state index is -3.91. The molecule has 1 aromatic rings. The highest BCUT2D eigenvalue weighted by atomic mass is 32.2. The number of hydrogen-bond donors (Lipinski definition) is 2. The number of thiocarbonyl (C=S) groups is 1. The number of rotatable bonds is 4. The van der Waals surface area contributed by atoms with E-state index in [0.717, 1.165) is 9.87 Å². The van der Waals surface area contributed by atoms with Gasteiger partial charge in [0, 0.05) is 19.6 Å². The molecule has 0 aromatic heterocycles. The zero-order valence-electron chi connectivity index (χ0n) is 13.5. The van der Waals surface area contributed by atoms with Crippen molar-refractivity contribution in [2.75, 3.05) is 19.6 Å². The van der Waals surface area contributed by atoms with Gasteiger partial charge in [-0.3, -0.25) is 4.79 Å². The fourth-order valence-electron chi connectivity index (χ4n) is 2.62. The number of aliphatic carboxylic acids is 1. The maximum atomic E-state index is 12.8. The quantitative estimate of drug-likeness (QED) is 0.755. The van der Waals surface area contributed by atoms with E-state index in [1.807, 2.05) is 13.8 Å². The third-order valence-corrected chi connectivity index (χ3v) is 6.26. The van der Waals surface area contributed by atoms with Crippen LogP contribution < -0.4 is 5.73 Å². The Morgan fingerprint density at radius 2 is 1.88 bits per heavy atom. The number of benzene rings is 1. The third kappa shape index (κ3) is 3.68. The summed E-state index contributed by atoms with van der Waals surface area (Å²) >= 11 is 4.86. The lowest BCUT2D eigenvalue weighted by molar-refractivity contribution is -0.142. The van der Waals surface area contributed by atoms with Gasteiger partial charge in [0.1, 0.15) is 6.04 Å². The van der Waals surface area contributed by atoms with Crippen LogP contribution in [0.2, 0.25) is 0 Å². The number of carboxylic acid groups (broad SMARTS) is 1. The molecule has 0 bridgehead atoms. The van der Waals surface area contributed by atoms with E-state index in [1.54, 1.807) is 12.1 Å². The average molecular weight is 371 g/mol. The van der Waals surface area contributed by atoms with Crippen LogP contribution in [0.3, 0.4) is 0 Å². The van der Waals surface area contributed by atoms with Crippen LogP contribution in [0.4, 0.5) is 0 Å². The molecule has 1 saturated heterocycles. The van der Waals surface area contributed by atoms with Crippen LogP contribution in [0.1, 0.15) is 25.3 Å². The molecule has 1 unspecified atom stereocenters. The maximum absolute atomic E-state index is 12.8. The van der Waals surface area contributed by atoms with Gasteiger partial charge in [0.15, 0.2) is 5.11 Å². The van der Waals surface area contributed by atoms with Crippen molar-refractivity contribution in [3.8, 4) is 0 Å². The van der Waals surface area contributed by atoms with Gasteiger partial charge in [-0.15, -0.1) is 0 Å². The van der Waals surface area contributed by atoms with E-state index in [2.05, 4.69) is 0 Å². The Balaban J connectivity index is 2.33. The molecule has 0 radical (unpaired) electrons. The number of nitrogens with zero attached hydrogens (tertiary/aromatic N) is 2. The van der Waals surface area contributed by atoms with Crippen LogP contribution in [-0.2, 0) is 14.8 Å². The van der Waals surface area contributed by atoms with E-state index in [4.69, 9.17) is 18.0 Å². The van der Waals surface area contributed by atoms with E-state index in [9.17, 15) is 18.3 Å². The van der Waals surface area contributed by atoms with Crippen molar-refractivity contribution >= 4 is 33.3 Å². The van der Waals surface area contributed by atoms with Crippen molar-refractivity contribution in [3.05, 3.63) is 29.8 Å². The van der Waals surface area contributed by atoms with Crippen molar-refractivity contribution in [2.45, 2.75) is 30.7 Å². The summed E-state index contributed by atoms with van der Waals surface area (Å²) in [4.78, 5) is 13.1. The minimum absolute atomic E-state index is 0.0164. The van der Waals surface area contributed by atoms with Crippen molar-refractivity contribution < 1.29 is 18.3 Å². The first-order valence-corrected chi connectivity index (χ1v) is 9.38. The van der Waals surface area contributed by atoms with E-state index < -0.39 is 22.0 Å². The first-order chi connectivity index (χ1) is 11.1. The summed E-state index contributed by atoms with van der Waals surface area (Å²) in [6.07, 6.45) is 0. The molecule has 1 aliphatic rings. The summed E-state index contributed by atoms with van der Waals surface area (Å²) in [7, 11) is -3.91. The Bertz CT molecular complexity index is 732. The second-order valence-corrected chi connectivity index (χ2v) is 8.29. The highest BCUT2D eigenvalue weighted by molar-refractivity contribution is 7.89. The number of carbonyl (C=O) groups is 1. The number of carboxylic acids is 1. The van der Waals surface area contributed by atoms with Crippen LogP contribution in [-0.4, -0.2) is 59.5 Å². The average Bonchev–Trinajstić information content (AvgIpc) is 2.54. The Hall–Kier alpha value is -1.71. The monoisotopic (exact) mass is 371 g/mol. The zero-order valence-corrected chi connectivity index (χ0v) is 15.2. The molecule has 7 nitrogen and oxygen atoms in total. The van der Waals surface area contributed by atoms with E-state index in [0.29, 0.717) is 0 Å². The SMILES string of the molecule is CC(C)c1ccc(S(=O)(=O)N2CCN(C(N)=S)CC2C(=O)O)cc1. The standard InChI is InChI=1S/C15H21N3O4S2/c1-10(2)11-3-5-12(6-4-11)24(21,22)18-8-7-17(15(16)23)9-13(18)14(19)20/h3-6,10,13H,7-9H2,1-2H3,(H2,16,23)(H,19,20). The molecule has 0 spiro atoms. The van der Waals surface area contributed by atoms with Crippen LogP contribution in [0, 0.1) is 0 Å². The first-order valence-electron chi connectivity index (χ1n) is 7.53. The van der Waals surface area contributed by atoms with Crippen LogP contribution in [0.15, 0.2) is 29.2 Å². The van der Waals surface area contributed by atoms with Crippen molar-refractivity contribution in [1.82, 2.24) is 9.21 Å². The second kappa shape index (κ2) is 7.04. The Morgan fingerprint density at radius 1 is 1.29 bits per heavy atom. The minimum Gasteiger partial charge on any atom is -0.480 e. The van der Waals surface area contributed by atoms with Gasteiger partial charge in [-0.05, 0) is 35.8 Å². The van der Waals surface area contributed by atoms with Gasteiger partial charge in [-0.2, -0.15) is 4.31 Å². The molecule has 3 N–H and O–H groups in total. The summed E-state index contributed by atoms with van der Waals surface area (Å²) in [5.74, 6) is -0.944. The van der Waals surface area contributed by atoms with Crippen molar-refractivity contribution in [1.29, 1.82) is 0 Å². The van der Waals surface area contributed by atoms with Gasteiger partial charge in [0.25, 0.3) is 0 Å². The van der Waals surface area contributed by atoms with Gasteiger partial charge in [0.2, 0.25) is 10.0 Å². The van der Waals surface area contributed by atoms with E-state index in [-0.39, 0.29) is 35.6 Å². The predicted octanol–water partition coefficient (Wildman–Crippen LogP) is 0.813. The largest absolute Gasteiger partial charge is 0.480 e. The molecule has 1 aliphatic heterocycles. The van der Waals surface area contributed by atoms with Gasteiger partial charge < -0.3 is 15.7 Å². The van der Waals surface area contributed by atoms with Crippen molar-refractivity contribution in [2.24, 2.45) is 5.73 Å². The molecule has 1 fully saturated rings. The van der Waals surface area contributed by atoms with E-state index in [1.165, 1.54) is 17.0 Å². The van der Waals surface area contributed by atoms with Crippen LogP contribution in [0.25, 0.3) is 0 Å². The van der Waals surface area contributed by atoms with Gasteiger partial charge in [0.05, 0.1) is 4.90 Å². The number of sulfonamides is 1. The summed E-state index contributed by atoms with van der Waals surface area (Å²) in [6.45, 7) is 4.25. The third-order valence-electron chi connectivity index (χ3n) is 4.08. The Kier molecular flexibility index (Phi) is 5.46. The van der Waals surface area contributed by atoms with Gasteiger partial charge in [-0.25, -0.2) is 8.42 Å². The summed E-state index contributed by atoms with van der Waals surface area (Å²) in [6, 6.07) is 5.31. The normalized spacial score (nSPS) is 19.5. The zero-order chi connectivity index (χ0) is 18.1. The summed E-state index contributed by atoms with van der Waals surface area (Å²) in [5.41, 5.74) is 6.55. The molecule has 0 saturated carbocycles.